The van der Waals surface area contributed by atoms with Crippen molar-refractivity contribution in [2.45, 2.75) is 90.8 Å². The fourth-order valence-electron chi connectivity index (χ4n) is 11.1. The Hall–Kier alpha value is -2.19. The SMILES string of the molecule is CC(CC=C(c1ccccc1)c1ccccc1)C1CC[C@H]2[C@@H]3CC(C)[C@H]4CC5CC[C@]4(C)[C@@]3(O5)C(=O)C[C@]12C. The fraction of sp³-hybridized carbons (Fsp3) is 0.595. The standard InChI is InChI=1S/C37H46O2/c1-24(15-16-29(26-11-7-5-8-12-26)27-13-9-6-10-14-27)30-17-18-31-33-21-25(2)32-22-28-19-20-36(32,4)37(33,39-28)34(38)23-35(30,31)3/h5-14,16,24-25,28,30-33H,15,17-23H2,1-4H3/t24?,25?,28?,30?,31-,32+,33-,35+,36-,37-/m0/s1. The minimum atomic E-state index is -0.499. The van der Waals surface area contributed by atoms with Gasteiger partial charge in [0.2, 0.25) is 0 Å². The fourth-order valence-corrected chi connectivity index (χ4v) is 11.1. The maximum atomic E-state index is 14.5. The second-order valence-electron chi connectivity index (χ2n) is 14.6. The topological polar surface area (TPSA) is 26.3 Å². The first-order chi connectivity index (χ1) is 18.8. The number of Topliss-reactive ketones (excluding diaryl/α,β-unsaturated/α-hetero) is 1. The smallest absolute Gasteiger partial charge is 0.166 e. The van der Waals surface area contributed by atoms with Gasteiger partial charge in [0.25, 0.3) is 0 Å². The molecule has 2 heteroatoms. The van der Waals surface area contributed by atoms with E-state index in [4.69, 9.17) is 4.74 Å². The number of carbonyl (C=O) groups excluding carboxylic acids is 1. The third-order valence-electron chi connectivity index (χ3n) is 12.8. The van der Waals surface area contributed by atoms with Gasteiger partial charge in [-0.1, -0.05) is 94.4 Å². The number of rotatable bonds is 5. The molecule has 6 fully saturated rings. The Kier molecular flexibility index (Phi) is 6.05. The van der Waals surface area contributed by atoms with Gasteiger partial charge in [-0.25, -0.2) is 0 Å². The van der Waals surface area contributed by atoms with Crippen LogP contribution in [0, 0.1) is 46.3 Å². The van der Waals surface area contributed by atoms with E-state index in [-0.39, 0.29) is 10.8 Å². The third kappa shape index (κ3) is 3.59. The van der Waals surface area contributed by atoms with Gasteiger partial charge >= 0.3 is 0 Å². The van der Waals surface area contributed by atoms with E-state index in [0.29, 0.717) is 47.4 Å². The minimum Gasteiger partial charge on any atom is -0.363 e. The van der Waals surface area contributed by atoms with Gasteiger partial charge in [0.15, 0.2) is 5.78 Å². The number of ether oxygens (including phenoxy) is 1. The molecule has 0 N–H and O–H groups in total. The molecule has 4 aliphatic carbocycles. The lowest BCUT2D eigenvalue weighted by Gasteiger charge is -2.71. The summed E-state index contributed by atoms with van der Waals surface area (Å²) in [4.78, 5) is 14.5. The molecule has 2 aromatic rings. The van der Waals surface area contributed by atoms with E-state index in [2.05, 4.69) is 94.4 Å². The van der Waals surface area contributed by atoms with Crippen molar-refractivity contribution in [1.29, 1.82) is 0 Å². The van der Waals surface area contributed by atoms with Gasteiger partial charge in [-0.2, -0.15) is 0 Å². The molecule has 4 bridgehead atoms. The van der Waals surface area contributed by atoms with Crippen LogP contribution in [-0.4, -0.2) is 17.5 Å². The zero-order valence-corrected chi connectivity index (χ0v) is 24.4. The number of hydrogen-bond donors (Lipinski definition) is 0. The highest BCUT2D eigenvalue weighted by Gasteiger charge is 2.75. The van der Waals surface area contributed by atoms with Crippen LogP contribution in [0.5, 0.6) is 0 Å². The first-order valence-electron chi connectivity index (χ1n) is 15.8. The predicted octanol–water partition coefficient (Wildman–Crippen LogP) is 8.75. The monoisotopic (exact) mass is 522 g/mol. The highest BCUT2D eigenvalue weighted by atomic mass is 16.5. The van der Waals surface area contributed by atoms with Crippen LogP contribution in [0.15, 0.2) is 66.7 Å². The highest BCUT2D eigenvalue weighted by molar-refractivity contribution is 5.91. The Bertz CT molecular complexity index is 1220. The number of fused-ring (bicyclic) bond motifs is 3. The average molecular weight is 523 g/mol. The van der Waals surface area contributed by atoms with Crippen LogP contribution in [0.3, 0.4) is 0 Å². The highest BCUT2D eigenvalue weighted by Crippen LogP contribution is 2.73. The van der Waals surface area contributed by atoms with Gasteiger partial charge in [-0.05, 0) is 103 Å². The summed E-state index contributed by atoms with van der Waals surface area (Å²) >= 11 is 0. The molecule has 2 aromatic carbocycles. The van der Waals surface area contributed by atoms with Crippen LogP contribution in [0.4, 0.5) is 0 Å². The van der Waals surface area contributed by atoms with Crippen molar-refractivity contribution in [1.82, 2.24) is 0 Å². The van der Waals surface area contributed by atoms with E-state index < -0.39 is 5.60 Å². The maximum Gasteiger partial charge on any atom is 0.166 e. The average Bonchev–Trinajstić information content (AvgIpc) is 3.28. The van der Waals surface area contributed by atoms with Gasteiger partial charge in [0.05, 0.1) is 6.10 Å². The van der Waals surface area contributed by atoms with Crippen molar-refractivity contribution in [2.24, 2.45) is 46.3 Å². The molecule has 2 nitrogen and oxygen atoms in total. The summed E-state index contributed by atoms with van der Waals surface area (Å²) in [6.07, 6.45) is 11.8. The van der Waals surface area contributed by atoms with Crippen LogP contribution in [-0.2, 0) is 9.53 Å². The van der Waals surface area contributed by atoms with E-state index in [9.17, 15) is 4.79 Å². The molecule has 206 valence electrons. The lowest BCUT2D eigenvalue weighted by molar-refractivity contribution is -0.317. The second kappa shape index (κ2) is 9.16. The molecule has 2 heterocycles. The molecular weight excluding hydrogens is 476 g/mol. The molecule has 2 aliphatic heterocycles. The Morgan fingerprint density at radius 1 is 0.923 bits per heavy atom. The Balaban J connectivity index is 1.19. The number of ketones is 1. The van der Waals surface area contributed by atoms with E-state index in [1.807, 2.05) is 0 Å². The van der Waals surface area contributed by atoms with Crippen LogP contribution in [0.2, 0.25) is 0 Å². The molecule has 0 aromatic heterocycles. The van der Waals surface area contributed by atoms with Gasteiger partial charge in [-0.15, -0.1) is 0 Å². The minimum absolute atomic E-state index is 0.0369. The molecule has 0 radical (unpaired) electrons. The van der Waals surface area contributed by atoms with Gasteiger partial charge < -0.3 is 4.74 Å². The van der Waals surface area contributed by atoms with E-state index >= 15 is 0 Å². The first-order valence-corrected chi connectivity index (χ1v) is 15.8. The molecule has 4 saturated carbocycles. The maximum absolute atomic E-state index is 14.5. The van der Waals surface area contributed by atoms with Crippen molar-refractivity contribution in [3.63, 3.8) is 0 Å². The summed E-state index contributed by atoms with van der Waals surface area (Å²) in [7, 11) is 0. The summed E-state index contributed by atoms with van der Waals surface area (Å²) in [5.74, 6) is 3.96. The molecule has 4 unspecified atom stereocenters. The number of benzene rings is 2. The third-order valence-corrected chi connectivity index (χ3v) is 12.8. The Morgan fingerprint density at radius 3 is 2.26 bits per heavy atom. The van der Waals surface area contributed by atoms with E-state index in [0.717, 1.165) is 19.3 Å². The summed E-state index contributed by atoms with van der Waals surface area (Å²) in [6.45, 7) is 9.89. The number of hydrogen-bond acceptors (Lipinski definition) is 2. The summed E-state index contributed by atoms with van der Waals surface area (Å²) in [5, 5.41) is 0. The lowest BCUT2D eigenvalue weighted by Crippen LogP contribution is -2.76. The zero-order valence-electron chi connectivity index (χ0n) is 24.4. The molecule has 1 spiro atoms. The molecule has 10 atom stereocenters. The lowest BCUT2D eigenvalue weighted by atomic mass is 9.38. The quantitative estimate of drug-likeness (QED) is 0.392. The normalized spacial score (nSPS) is 42.9. The summed E-state index contributed by atoms with van der Waals surface area (Å²) in [5.41, 5.74) is 3.52. The first kappa shape index (κ1) is 25.8. The zero-order chi connectivity index (χ0) is 27.0. The van der Waals surface area contributed by atoms with Crippen molar-refractivity contribution in [2.75, 3.05) is 0 Å². The van der Waals surface area contributed by atoms with Crippen molar-refractivity contribution in [3.05, 3.63) is 77.9 Å². The van der Waals surface area contributed by atoms with Crippen molar-refractivity contribution >= 4 is 11.4 Å². The molecule has 2 saturated heterocycles. The largest absolute Gasteiger partial charge is 0.363 e. The molecule has 6 aliphatic rings. The van der Waals surface area contributed by atoms with Crippen LogP contribution in [0.1, 0.15) is 90.2 Å². The van der Waals surface area contributed by atoms with Gasteiger partial charge in [-0.3, -0.25) is 4.79 Å². The van der Waals surface area contributed by atoms with Crippen molar-refractivity contribution in [3.8, 4) is 0 Å². The number of carbonyl (C=O) groups is 1. The summed E-state index contributed by atoms with van der Waals surface area (Å²) < 4.78 is 6.98. The molecule has 8 rings (SSSR count). The Morgan fingerprint density at radius 2 is 1.59 bits per heavy atom. The predicted molar refractivity (Wildman–Crippen MR) is 158 cm³/mol. The van der Waals surface area contributed by atoms with Gasteiger partial charge in [0.1, 0.15) is 5.60 Å². The molecule has 39 heavy (non-hydrogen) atoms. The van der Waals surface area contributed by atoms with Crippen LogP contribution >= 0.6 is 0 Å². The second-order valence-corrected chi connectivity index (χ2v) is 14.6. The van der Waals surface area contributed by atoms with E-state index in [1.54, 1.807) is 0 Å². The molecular formula is C37H46O2. The number of allylic oxidation sites excluding steroid dienone is 1. The van der Waals surface area contributed by atoms with Gasteiger partial charge in [0, 0.05) is 11.8 Å². The summed E-state index contributed by atoms with van der Waals surface area (Å²) in [6, 6.07) is 21.6. The Labute approximate surface area is 235 Å². The molecule has 0 amide bonds. The van der Waals surface area contributed by atoms with Crippen molar-refractivity contribution < 1.29 is 9.53 Å². The van der Waals surface area contributed by atoms with Crippen LogP contribution in [0.25, 0.3) is 5.57 Å². The van der Waals surface area contributed by atoms with E-state index in [1.165, 1.54) is 48.8 Å². The van der Waals surface area contributed by atoms with Crippen LogP contribution < -0.4 is 0 Å².